The van der Waals surface area contributed by atoms with E-state index in [0.29, 0.717) is 5.56 Å². The van der Waals surface area contributed by atoms with Crippen molar-refractivity contribution in [2.24, 2.45) is 7.05 Å². The lowest BCUT2D eigenvalue weighted by Crippen LogP contribution is -2.27. The number of hydrogen-bond donors (Lipinski definition) is 1. The molecule has 0 fully saturated rings. The van der Waals surface area contributed by atoms with Crippen molar-refractivity contribution >= 4 is 16.8 Å². The molecule has 1 heterocycles. The maximum Gasteiger partial charge on any atom is 0.253 e. The molecule has 1 aromatic heterocycles. The molecule has 0 unspecified atom stereocenters. The first kappa shape index (κ1) is 15.2. The lowest BCUT2D eigenvalue weighted by atomic mass is 10.1. The van der Waals surface area contributed by atoms with Crippen LogP contribution in [0, 0.1) is 11.6 Å². The average Bonchev–Trinajstić information content (AvgIpc) is 2.85. The molecular weight excluding hydrogens is 298 g/mol. The molecule has 1 N–H and O–H groups in total. The summed E-state index contributed by atoms with van der Waals surface area (Å²) in [7, 11) is 1.86. The Bertz CT molecular complexity index is 886. The minimum Gasteiger partial charge on any atom is -0.350 e. The zero-order chi connectivity index (χ0) is 16.6. The molecule has 3 nitrogen and oxygen atoms in total. The fraction of sp³-hybridized carbons (Fsp3) is 0.167. The molecule has 0 spiro atoms. The smallest absolute Gasteiger partial charge is 0.253 e. The van der Waals surface area contributed by atoms with Gasteiger partial charge in [-0.3, -0.25) is 4.79 Å². The van der Waals surface area contributed by atoms with Crippen LogP contribution in [0.15, 0.2) is 48.7 Å². The van der Waals surface area contributed by atoms with Crippen LogP contribution in [-0.4, -0.2) is 10.5 Å². The van der Waals surface area contributed by atoms with Gasteiger partial charge < -0.3 is 9.88 Å². The predicted octanol–water partition coefficient (Wildman–Crippen LogP) is 3.95. The Balaban J connectivity index is 1.88. The Morgan fingerprint density at radius 1 is 1.17 bits per heavy atom. The highest BCUT2D eigenvalue weighted by molar-refractivity contribution is 6.07. The van der Waals surface area contributed by atoms with E-state index in [-0.39, 0.29) is 11.5 Å². The maximum atomic E-state index is 13.8. The first-order valence-electron chi connectivity index (χ1n) is 7.27. The highest BCUT2D eigenvalue weighted by atomic mass is 19.1. The summed E-state index contributed by atoms with van der Waals surface area (Å²) in [6, 6.07) is 10.3. The van der Waals surface area contributed by atoms with Crippen LogP contribution < -0.4 is 5.32 Å². The number of aryl methyl sites for hydroxylation is 1. The van der Waals surface area contributed by atoms with Gasteiger partial charge in [0.2, 0.25) is 0 Å². The van der Waals surface area contributed by atoms with Gasteiger partial charge in [-0.1, -0.05) is 24.3 Å². The number of fused-ring (bicyclic) bond motifs is 1. The van der Waals surface area contributed by atoms with Gasteiger partial charge in [-0.15, -0.1) is 0 Å². The second-order valence-electron chi connectivity index (χ2n) is 5.53. The molecule has 23 heavy (non-hydrogen) atoms. The summed E-state index contributed by atoms with van der Waals surface area (Å²) in [5, 5.41) is 3.60. The standard InChI is InChI=1S/C18H16F2N2O/c1-11(13-8-7-12(19)9-16(13)20)21-18(23)15-10-22(2)17-6-4-3-5-14(15)17/h3-11H,1-2H3,(H,21,23)/t11-/m1/s1. The molecule has 1 amide bonds. The molecule has 3 aromatic rings. The molecule has 118 valence electrons. The minimum atomic E-state index is -0.671. The van der Waals surface area contributed by atoms with Gasteiger partial charge in [0.05, 0.1) is 11.6 Å². The zero-order valence-corrected chi connectivity index (χ0v) is 12.8. The van der Waals surface area contributed by atoms with Crippen LogP contribution in [0.5, 0.6) is 0 Å². The average molecular weight is 314 g/mol. The molecule has 0 radical (unpaired) electrons. The fourth-order valence-electron chi connectivity index (χ4n) is 2.73. The number of para-hydroxylation sites is 1. The van der Waals surface area contributed by atoms with Gasteiger partial charge in [0.15, 0.2) is 0 Å². The van der Waals surface area contributed by atoms with E-state index < -0.39 is 17.7 Å². The number of carbonyl (C=O) groups is 1. The first-order chi connectivity index (χ1) is 11.0. The number of hydrogen-bond acceptors (Lipinski definition) is 1. The van der Waals surface area contributed by atoms with Crippen molar-refractivity contribution in [1.29, 1.82) is 0 Å². The molecule has 0 saturated heterocycles. The van der Waals surface area contributed by atoms with Crippen LogP contribution in [0.25, 0.3) is 10.9 Å². The van der Waals surface area contributed by atoms with Crippen molar-refractivity contribution in [1.82, 2.24) is 9.88 Å². The highest BCUT2D eigenvalue weighted by Crippen LogP contribution is 2.22. The lowest BCUT2D eigenvalue weighted by molar-refractivity contribution is 0.0941. The summed E-state index contributed by atoms with van der Waals surface area (Å²) < 4.78 is 28.7. The maximum absolute atomic E-state index is 13.8. The second kappa shape index (κ2) is 5.83. The van der Waals surface area contributed by atoms with Gasteiger partial charge in [-0.25, -0.2) is 8.78 Å². The third-order valence-electron chi connectivity index (χ3n) is 3.92. The van der Waals surface area contributed by atoms with Crippen LogP contribution in [0.3, 0.4) is 0 Å². The van der Waals surface area contributed by atoms with Crippen molar-refractivity contribution in [2.45, 2.75) is 13.0 Å². The summed E-state index contributed by atoms with van der Waals surface area (Å²) in [4.78, 5) is 12.5. The number of rotatable bonds is 3. The second-order valence-corrected chi connectivity index (χ2v) is 5.53. The van der Waals surface area contributed by atoms with Crippen LogP contribution in [0.1, 0.15) is 28.9 Å². The van der Waals surface area contributed by atoms with E-state index in [4.69, 9.17) is 0 Å². The molecule has 0 aliphatic carbocycles. The van der Waals surface area contributed by atoms with Gasteiger partial charge in [-0.2, -0.15) is 0 Å². The highest BCUT2D eigenvalue weighted by Gasteiger charge is 2.18. The Labute approximate surface area is 132 Å². The monoisotopic (exact) mass is 314 g/mol. The largest absolute Gasteiger partial charge is 0.350 e. The summed E-state index contributed by atoms with van der Waals surface area (Å²) in [5.41, 5.74) is 1.72. The van der Waals surface area contributed by atoms with Crippen molar-refractivity contribution < 1.29 is 13.6 Å². The van der Waals surface area contributed by atoms with Crippen LogP contribution in [0.4, 0.5) is 8.78 Å². The third kappa shape index (κ3) is 2.82. The van der Waals surface area contributed by atoms with Gasteiger partial charge in [-0.05, 0) is 19.1 Å². The van der Waals surface area contributed by atoms with E-state index in [9.17, 15) is 13.6 Å². The Morgan fingerprint density at radius 2 is 1.91 bits per heavy atom. The van der Waals surface area contributed by atoms with Crippen molar-refractivity contribution in [3.05, 3.63) is 71.4 Å². The van der Waals surface area contributed by atoms with Gasteiger partial charge in [0, 0.05) is 35.8 Å². The molecule has 1 atom stereocenters. The zero-order valence-electron chi connectivity index (χ0n) is 12.8. The van der Waals surface area contributed by atoms with Crippen molar-refractivity contribution in [2.75, 3.05) is 0 Å². The molecule has 0 bridgehead atoms. The summed E-state index contributed by atoms with van der Waals surface area (Å²) in [5.74, 6) is -1.60. The lowest BCUT2D eigenvalue weighted by Gasteiger charge is -2.15. The molecule has 3 rings (SSSR count). The molecule has 0 aliphatic rings. The number of benzene rings is 2. The Kier molecular flexibility index (Phi) is 3.86. The van der Waals surface area contributed by atoms with E-state index in [1.165, 1.54) is 12.1 Å². The Hall–Kier alpha value is -2.69. The van der Waals surface area contributed by atoms with E-state index in [2.05, 4.69) is 5.32 Å². The number of nitrogens with one attached hydrogen (secondary N) is 1. The van der Waals surface area contributed by atoms with E-state index in [1.807, 2.05) is 35.9 Å². The summed E-state index contributed by atoms with van der Waals surface area (Å²) in [6.07, 6.45) is 1.74. The van der Waals surface area contributed by atoms with Gasteiger partial charge in [0.25, 0.3) is 5.91 Å². The molecule has 0 saturated carbocycles. The molecule has 5 heteroatoms. The van der Waals surface area contributed by atoms with Crippen molar-refractivity contribution in [3.63, 3.8) is 0 Å². The van der Waals surface area contributed by atoms with Crippen molar-refractivity contribution in [3.8, 4) is 0 Å². The predicted molar refractivity (Wildman–Crippen MR) is 85.2 cm³/mol. The quantitative estimate of drug-likeness (QED) is 0.780. The van der Waals surface area contributed by atoms with E-state index in [1.54, 1.807) is 13.1 Å². The first-order valence-corrected chi connectivity index (χ1v) is 7.27. The number of aromatic nitrogens is 1. The van der Waals surface area contributed by atoms with E-state index >= 15 is 0 Å². The number of carbonyl (C=O) groups excluding carboxylic acids is 1. The number of nitrogens with zero attached hydrogens (tertiary/aromatic N) is 1. The SMILES string of the molecule is C[C@@H](NC(=O)c1cn(C)c2ccccc12)c1ccc(F)cc1F. The van der Waals surface area contributed by atoms with E-state index in [0.717, 1.165) is 17.0 Å². The number of amides is 1. The van der Waals surface area contributed by atoms with Crippen LogP contribution in [0.2, 0.25) is 0 Å². The van der Waals surface area contributed by atoms with Gasteiger partial charge in [0.1, 0.15) is 11.6 Å². The fourth-order valence-corrected chi connectivity index (χ4v) is 2.73. The number of halogens is 2. The van der Waals surface area contributed by atoms with Crippen LogP contribution >= 0.6 is 0 Å². The van der Waals surface area contributed by atoms with Gasteiger partial charge >= 0.3 is 0 Å². The summed E-state index contributed by atoms with van der Waals surface area (Å²) >= 11 is 0. The Morgan fingerprint density at radius 3 is 2.65 bits per heavy atom. The molecular formula is C18H16F2N2O. The minimum absolute atomic E-state index is 0.250. The topological polar surface area (TPSA) is 34.0 Å². The summed E-state index contributed by atoms with van der Waals surface area (Å²) in [6.45, 7) is 1.67. The van der Waals surface area contributed by atoms with Crippen LogP contribution in [-0.2, 0) is 7.05 Å². The third-order valence-corrected chi connectivity index (χ3v) is 3.92. The molecule has 0 aliphatic heterocycles. The normalized spacial score (nSPS) is 12.3. The molecule has 2 aromatic carbocycles.